The van der Waals surface area contributed by atoms with Crippen LogP contribution in [-0.4, -0.2) is 61.6 Å². The first-order chi connectivity index (χ1) is 13.8. The van der Waals surface area contributed by atoms with Crippen molar-refractivity contribution in [1.82, 2.24) is 25.1 Å². The first kappa shape index (κ1) is 20.1. The normalized spacial score (nSPS) is 24.5. The van der Waals surface area contributed by atoms with Gasteiger partial charge >= 0.3 is 0 Å². The van der Waals surface area contributed by atoms with Gasteiger partial charge in [0.15, 0.2) is 0 Å². The minimum atomic E-state index is 0.194. The molecular weight excluding hydrogens is 374 g/mol. The Hall–Kier alpha value is -1.15. The molecule has 2 heterocycles. The highest BCUT2D eigenvalue weighted by molar-refractivity contribution is 7.99. The number of thioether (sulfide) groups is 1. The maximum absolute atomic E-state index is 13.3. The zero-order chi connectivity index (χ0) is 19.2. The van der Waals surface area contributed by atoms with Gasteiger partial charge in [-0.05, 0) is 49.0 Å². The Balaban J connectivity index is 1.38. The Labute approximate surface area is 171 Å². The van der Waals surface area contributed by atoms with E-state index in [9.17, 15) is 4.79 Å². The third kappa shape index (κ3) is 5.06. The third-order valence-corrected chi connectivity index (χ3v) is 7.39. The summed E-state index contributed by atoms with van der Waals surface area (Å²) in [5, 5.41) is 12.8. The van der Waals surface area contributed by atoms with E-state index in [1.807, 2.05) is 0 Å². The van der Waals surface area contributed by atoms with Crippen molar-refractivity contribution in [3.05, 3.63) is 0 Å². The molecule has 28 heavy (non-hydrogen) atoms. The van der Waals surface area contributed by atoms with Gasteiger partial charge in [0.1, 0.15) is 0 Å². The van der Waals surface area contributed by atoms with E-state index in [1.165, 1.54) is 76.0 Å². The number of tetrazole rings is 1. The molecule has 0 radical (unpaired) electrons. The first-order valence-corrected chi connectivity index (χ1v) is 12.1. The maximum atomic E-state index is 13.3. The van der Waals surface area contributed by atoms with Crippen LogP contribution in [0.1, 0.15) is 77.0 Å². The van der Waals surface area contributed by atoms with Crippen LogP contribution in [0.2, 0.25) is 0 Å². The molecule has 7 nitrogen and oxygen atoms in total. The van der Waals surface area contributed by atoms with E-state index in [0.717, 1.165) is 24.6 Å². The molecule has 1 atom stereocenters. The smallest absolute Gasteiger partial charge is 0.233 e. The van der Waals surface area contributed by atoms with Crippen LogP contribution in [0.4, 0.5) is 0 Å². The van der Waals surface area contributed by atoms with Gasteiger partial charge in [0.25, 0.3) is 0 Å². The number of carbonyl (C=O) groups is 1. The summed E-state index contributed by atoms with van der Waals surface area (Å²) in [4.78, 5) is 15.6. The minimum Gasteiger partial charge on any atom is -0.376 e. The number of hydrogen-bond acceptors (Lipinski definition) is 6. The first-order valence-electron chi connectivity index (χ1n) is 11.1. The Bertz CT molecular complexity index is 604. The van der Waals surface area contributed by atoms with E-state index in [-0.39, 0.29) is 12.0 Å². The molecular formula is C20H33N5O2S. The van der Waals surface area contributed by atoms with Crippen molar-refractivity contribution in [2.24, 2.45) is 0 Å². The standard InChI is InChI=1S/C20H33N5O2S/c26-19(15-28-20-21-22-23-24(20)14-18-12-7-13-27-18)25(16-8-3-1-4-9-16)17-10-5-2-6-11-17/h16-18H,1-15H2. The highest BCUT2D eigenvalue weighted by Gasteiger charge is 2.32. The Kier molecular flexibility index (Phi) is 7.23. The molecule has 1 amide bonds. The van der Waals surface area contributed by atoms with Gasteiger partial charge in [-0.15, -0.1) is 5.10 Å². The average molecular weight is 408 g/mol. The molecule has 1 aromatic heterocycles. The summed E-state index contributed by atoms with van der Waals surface area (Å²) in [6.45, 7) is 1.50. The molecule has 0 spiro atoms. The van der Waals surface area contributed by atoms with Gasteiger partial charge in [0, 0.05) is 18.7 Å². The Morgan fingerprint density at radius 2 is 1.68 bits per heavy atom. The van der Waals surface area contributed by atoms with Crippen molar-refractivity contribution in [3.8, 4) is 0 Å². The fraction of sp³-hybridized carbons (Fsp3) is 0.900. The van der Waals surface area contributed by atoms with Gasteiger partial charge in [-0.3, -0.25) is 4.79 Å². The van der Waals surface area contributed by atoms with Gasteiger partial charge < -0.3 is 9.64 Å². The number of ether oxygens (including phenoxy) is 1. The Morgan fingerprint density at radius 1 is 1.00 bits per heavy atom. The van der Waals surface area contributed by atoms with Crippen LogP contribution >= 0.6 is 11.8 Å². The molecule has 1 unspecified atom stereocenters. The second-order valence-corrected chi connectivity index (χ2v) is 9.39. The summed E-state index contributed by atoms with van der Waals surface area (Å²) in [5.41, 5.74) is 0. The molecule has 1 aliphatic heterocycles. The van der Waals surface area contributed by atoms with Crippen molar-refractivity contribution in [2.75, 3.05) is 12.4 Å². The lowest BCUT2D eigenvalue weighted by atomic mass is 9.88. The molecule has 4 rings (SSSR count). The summed E-state index contributed by atoms with van der Waals surface area (Å²) in [7, 11) is 0. The largest absolute Gasteiger partial charge is 0.376 e. The van der Waals surface area contributed by atoms with Crippen molar-refractivity contribution >= 4 is 17.7 Å². The summed E-state index contributed by atoms with van der Waals surface area (Å²) >= 11 is 1.48. The number of nitrogens with zero attached hydrogens (tertiary/aromatic N) is 5. The second kappa shape index (κ2) is 10.1. The molecule has 3 aliphatic rings. The summed E-state index contributed by atoms with van der Waals surface area (Å²) < 4.78 is 7.51. The zero-order valence-electron chi connectivity index (χ0n) is 16.8. The van der Waals surface area contributed by atoms with Crippen molar-refractivity contribution in [1.29, 1.82) is 0 Å². The highest BCUT2D eigenvalue weighted by atomic mass is 32.2. The van der Waals surface area contributed by atoms with Gasteiger partial charge in [-0.25, -0.2) is 4.68 Å². The average Bonchev–Trinajstić information content (AvgIpc) is 3.41. The molecule has 2 saturated carbocycles. The van der Waals surface area contributed by atoms with E-state index in [0.29, 0.717) is 24.4 Å². The topological polar surface area (TPSA) is 73.1 Å². The number of hydrogen-bond donors (Lipinski definition) is 0. The van der Waals surface area contributed by atoms with Crippen LogP contribution in [0.3, 0.4) is 0 Å². The van der Waals surface area contributed by atoms with Crippen molar-refractivity contribution in [2.45, 2.75) is 107 Å². The fourth-order valence-electron chi connectivity index (χ4n) is 5.02. The molecule has 8 heteroatoms. The van der Waals surface area contributed by atoms with Crippen LogP contribution < -0.4 is 0 Å². The van der Waals surface area contributed by atoms with E-state index < -0.39 is 0 Å². The number of amides is 1. The predicted molar refractivity (Wildman–Crippen MR) is 108 cm³/mol. The number of carbonyl (C=O) groups excluding carboxylic acids is 1. The molecule has 156 valence electrons. The lowest BCUT2D eigenvalue weighted by Crippen LogP contribution is -2.49. The second-order valence-electron chi connectivity index (χ2n) is 8.45. The highest BCUT2D eigenvalue weighted by Crippen LogP contribution is 2.31. The lowest BCUT2D eigenvalue weighted by Gasteiger charge is -2.41. The van der Waals surface area contributed by atoms with Crippen molar-refractivity contribution in [3.63, 3.8) is 0 Å². The van der Waals surface area contributed by atoms with E-state index in [2.05, 4.69) is 20.4 Å². The van der Waals surface area contributed by atoms with E-state index in [1.54, 1.807) is 4.68 Å². The number of aromatic nitrogens is 4. The van der Waals surface area contributed by atoms with Gasteiger partial charge in [-0.1, -0.05) is 50.3 Å². The molecule has 1 saturated heterocycles. The zero-order valence-corrected chi connectivity index (χ0v) is 17.6. The quantitative estimate of drug-likeness (QED) is 0.645. The maximum Gasteiger partial charge on any atom is 0.233 e. The van der Waals surface area contributed by atoms with E-state index >= 15 is 0 Å². The molecule has 3 fully saturated rings. The molecule has 0 aromatic carbocycles. The van der Waals surface area contributed by atoms with Crippen LogP contribution in [0.25, 0.3) is 0 Å². The third-order valence-electron chi connectivity index (χ3n) is 6.45. The van der Waals surface area contributed by atoms with Crippen LogP contribution in [-0.2, 0) is 16.1 Å². The molecule has 0 bridgehead atoms. The van der Waals surface area contributed by atoms with Crippen molar-refractivity contribution < 1.29 is 9.53 Å². The monoisotopic (exact) mass is 407 g/mol. The molecule has 1 aromatic rings. The number of rotatable bonds is 7. The molecule has 0 N–H and O–H groups in total. The SMILES string of the molecule is O=C(CSc1nnnn1CC1CCCO1)N(C1CCCCC1)C1CCCCC1. The molecule has 2 aliphatic carbocycles. The Morgan fingerprint density at radius 3 is 2.29 bits per heavy atom. The van der Waals surface area contributed by atoms with Crippen LogP contribution in [0.15, 0.2) is 5.16 Å². The van der Waals surface area contributed by atoms with Crippen LogP contribution in [0, 0.1) is 0 Å². The lowest BCUT2D eigenvalue weighted by molar-refractivity contribution is -0.135. The van der Waals surface area contributed by atoms with E-state index in [4.69, 9.17) is 4.74 Å². The summed E-state index contributed by atoms with van der Waals surface area (Å²) in [5.74, 6) is 0.703. The summed E-state index contributed by atoms with van der Waals surface area (Å²) in [6, 6.07) is 0.876. The summed E-state index contributed by atoms with van der Waals surface area (Å²) in [6.07, 6.45) is 14.7. The predicted octanol–water partition coefficient (Wildman–Crippen LogP) is 3.44. The van der Waals surface area contributed by atoms with Crippen LogP contribution in [0.5, 0.6) is 0 Å². The minimum absolute atomic E-state index is 0.194. The van der Waals surface area contributed by atoms with Gasteiger partial charge in [0.2, 0.25) is 11.1 Å². The van der Waals surface area contributed by atoms with Gasteiger partial charge in [-0.2, -0.15) is 0 Å². The fourth-order valence-corrected chi connectivity index (χ4v) is 5.78. The van der Waals surface area contributed by atoms with Gasteiger partial charge in [0.05, 0.1) is 18.4 Å².